The summed E-state index contributed by atoms with van der Waals surface area (Å²) in [5.74, 6) is -0.163. The molecule has 0 aliphatic carbocycles. The molecular weight excluding hydrogens is 388 g/mol. The molecule has 1 aliphatic heterocycles. The topological polar surface area (TPSA) is 102 Å². The summed E-state index contributed by atoms with van der Waals surface area (Å²) in [6.45, 7) is 1.82. The van der Waals surface area contributed by atoms with Crippen LogP contribution in [0.1, 0.15) is 17.3 Å². The Labute approximate surface area is 161 Å². The normalized spacial score (nSPS) is 16.7. The summed E-state index contributed by atoms with van der Waals surface area (Å²) in [5, 5.41) is 2.77. The maximum Gasteiger partial charge on any atom is 0.337 e. The summed E-state index contributed by atoms with van der Waals surface area (Å²) >= 11 is 1.51. The van der Waals surface area contributed by atoms with Gasteiger partial charge in [-0.2, -0.15) is 0 Å². The molecule has 0 unspecified atom stereocenters. The fourth-order valence-corrected chi connectivity index (χ4v) is 4.55. The molecule has 0 radical (unpaired) electrons. The van der Waals surface area contributed by atoms with Crippen LogP contribution >= 0.6 is 11.8 Å². The second-order valence-corrected chi connectivity index (χ2v) is 8.78. The average Bonchev–Trinajstić information content (AvgIpc) is 2.79. The molecule has 27 heavy (non-hydrogen) atoms. The summed E-state index contributed by atoms with van der Waals surface area (Å²) in [6, 6.07) is 10.5. The number of carbonyl (C=O) groups excluding carboxylic acids is 2. The first-order chi connectivity index (χ1) is 12.8. The summed E-state index contributed by atoms with van der Waals surface area (Å²) < 4.78 is 32.4. The Bertz CT molecular complexity index is 987. The van der Waals surface area contributed by atoms with Crippen molar-refractivity contribution in [2.75, 3.05) is 22.9 Å². The molecule has 142 valence electrons. The zero-order valence-corrected chi connectivity index (χ0v) is 16.3. The van der Waals surface area contributed by atoms with E-state index in [9.17, 15) is 18.0 Å². The van der Waals surface area contributed by atoms with Crippen LogP contribution in [0.2, 0.25) is 0 Å². The van der Waals surface area contributed by atoms with E-state index >= 15 is 0 Å². The van der Waals surface area contributed by atoms with E-state index < -0.39 is 16.0 Å². The van der Waals surface area contributed by atoms with E-state index in [4.69, 9.17) is 0 Å². The van der Waals surface area contributed by atoms with Crippen LogP contribution in [0, 0.1) is 5.92 Å². The molecule has 1 aliphatic rings. The van der Waals surface area contributed by atoms with E-state index in [0.717, 1.165) is 4.90 Å². The average molecular weight is 406 g/mol. The third kappa shape index (κ3) is 4.25. The van der Waals surface area contributed by atoms with Crippen LogP contribution in [0.15, 0.2) is 52.3 Å². The number of anilines is 2. The lowest BCUT2D eigenvalue weighted by Gasteiger charge is -2.12. The molecule has 0 fully saturated rings. The molecule has 9 heteroatoms. The zero-order valence-electron chi connectivity index (χ0n) is 14.7. The van der Waals surface area contributed by atoms with Crippen LogP contribution < -0.4 is 10.0 Å². The van der Waals surface area contributed by atoms with Crippen LogP contribution in [0.3, 0.4) is 0 Å². The zero-order chi connectivity index (χ0) is 19.6. The number of hydrogen-bond donors (Lipinski definition) is 2. The Morgan fingerprint density at radius 1 is 1.22 bits per heavy atom. The number of rotatable bonds is 4. The summed E-state index contributed by atoms with van der Waals surface area (Å²) in [5.41, 5.74) is 1.11. The summed E-state index contributed by atoms with van der Waals surface area (Å²) in [6.07, 6.45) is 0. The van der Waals surface area contributed by atoms with Gasteiger partial charge in [0.25, 0.3) is 10.0 Å². The fourth-order valence-electron chi connectivity index (χ4n) is 2.45. The number of sulfonamides is 1. The second kappa shape index (κ2) is 7.61. The minimum atomic E-state index is -3.86. The number of esters is 1. The van der Waals surface area contributed by atoms with E-state index in [2.05, 4.69) is 14.8 Å². The van der Waals surface area contributed by atoms with Crippen molar-refractivity contribution in [2.45, 2.75) is 16.7 Å². The van der Waals surface area contributed by atoms with Gasteiger partial charge in [-0.3, -0.25) is 9.52 Å². The van der Waals surface area contributed by atoms with E-state index in [1.165, 1.54) is 55.3 Å². The molecule has 2 aromatic carbocycles. The number of methoxy groups -OCH3 is 1. The highest BCUT2D eigenvalue weighted by atomic mass is 32.2. The minimum Gasteiger partial charge on any atom is -0.465 e. The number of fused-ring (bicyclic) bond motifs is 1. The third-order valence-corrected chi connectivity index (χ3v) is 6.73. The van der Waals surface area contributed by atoms with Crippen LogP contribution in [0.5, 0.6) is 0 Å². The number of benzene rings is 2. The highest BCUT2D eigenvalue weighted by Gasteiger charge is 2.23. The van der Waals surface area contributed by atoms with Crippen molar-refractivity contribution in [3.05, 3.63) is 48.0 Å². The van der Waals surface area contributed by atoms with Gasteiger partial charge >= 0.3 is 5.97 Å². The molecule has 1 amide bonds. The number of thioether (sulfide) groups is 1. The van der Waals surface area contributed by atoms with Gasteiger partial charge in [-0.05, 0) is 42.5 Å². The molecule has 1 heterocycles. The SMILES string of the molecule is COC(=O)c1ccc(NS(=O)(=O)c2ccc3c(c2)NC(=O)[C@@H](C)CS3)cc1. The monoisotopic (exact) mass is 406 g/mol. The van der Waals surface area contributed by atoms with Crippen LogP contribution in [-0.4, -0.2) is 33.2 Å². The first kappa shape index (κ1) is 19.2. The van der Waals surface area contributed by atoms with Gasteiger partial charge in [0.05, 0.1) is 23.3 Å². The molecule has 1 atom stereocenters. The highest BCUT2D eigenvalue weighted by molar-refractivity contribution is 7.99. The van der Waals surface area contributed by atoms with E-state index in [1.807, 2.05) is 6.92 Å². The van der Waals surface area contributed by atoms with Gasteiger partial charge in [0, 0.05) is 22.3 Å². The van der Waals surface area contributed by atoms with Gasteiger partial charge in [0.2, 0.25) is 5.91 Å². The molecule has 0 saturated carbocycles. The third-order valence-electron chi connectivity index (χ3n) is 4.01. The predicted molar refractivity (Wildman–Crippen MR) is 104 cm³/mol. The Balaban J connectivity index is 1.84. The van der Waals surface area contributed by atoms with Crippen LogP contribution in [-0.2, 0) is 19.6 Å². The Kier molecular flexibility index (Phi) is 5.43. The largest absolute Gasteiger partial charge is 0.465 e. The van der Waals surface area contributed by atoms with E-state index in [-0.39, 0.29) is 16.7 Å². The van der Waals surface area contributed by atoms with Crippen molar-refractivity contribution < 1.29 is 22.7 Å². The van der Waals surface area contributed by atoms with Gasteiger partial charge in [-0.25, -0.2) is 13.2 Å². The van der Waals surface area contributed by atoms with Crippen molar-refractivity contribution >= 4 is 45.0 Å². The number of nitrogens with one attached hydrogen (secondary N) is 2. The molecular formula is C18H18N2O5S2. The number of amides is 1. The van der Waals surface area contributed by atoms with Gasteiger partial charge < -0.3 is 10.1 Å². The van der Waals surface area contributed by atoms with E-state index in [1.54, 1.807) is 6.07 Å². The Morgan fingerprint density at radius 2 is 1.93 bits per heavy atom. The number of ether oxygens (including phenoxy) is 1. The molecule has 3 rings (SSSR count). The maximum atomic E-state index is 12.7. The van der Waals surface area contributed by atoms with Crippen molar-refractivity contribution in [3.8, 4) is 0 Å². The van der Waals surface area contributed by atoms with Crippen molar-refractivity contribution in [1.82, 2.24) is 0 Å². The lowest BCUT2D eigenvalue weighted by molar-refractivity contribution is -0.118. The first-order valence-corrected chi connectivity index (χ1v) is 10.6. The Hall–Kier alpha value is -2.52. The first-order valence-electron chi connectivity index (χ1n) is 8.09. The lowest BCUT2D eigenvalue weighted by Crippen LogP contribution is -2.20. The minimum absolute atomic E-state index is 0.0359. The highest BCUT2D eigenvalue weighted by Crippen LogP contribution is 2.34. The molecule has 2 aromatic rings. The van der Waals surface area contributed by atoms with Crippen molar-refractivity contribution in [3.63, 3.8) is 0 Å². The standard InChI is InChI=1S/C18H18N2O5S2/c1-11-10-26-16-8-7-14(9-15(16)19-17(11)21)27(23,24)20-13-5-3-12(4-6-13)18(22)25-2/h3-9,11,20H,10H2,1-2H3,(H,19,21)/t11-/m0/s1. The smallest absolute Gasteiger partial charge is 0.337 e. The number of hydrogen-bond acceptors (Lipinski definition) is 6. The van der Waals surface area contributed by atoms with Gasteiger partial charge in [-0.1, -0.05) is 6.92 Å². The number of carbonyl (C=O) groups is 2. The molecule has 7 nitrogen and oxygen atoms in total. The van der Waals surface area contributed by atoms with Crippen molar-refractivity contribution in [1.29, 1.82) is 0 Å². The lowest BCUT2D eigenvalue weighted by atomic mass is 10.2. The fraction of sp³-hybridized carbons (Fsp3) is 0.222. The van der Waals surface area contributed by atoms with Gasteiger partial charge in [0.15, 0.2) is 0 Å². The summed E-state index contributed by atoms with van der Waals surface area (Å²) in [4.78, 5) is 24.3. The molecule has 0 spiro atoms. The van der Waals surface area contributed by atoms with Gasteiger partial charge in [0.1, 0.15) is 0 Å². The molecule has 0 aromatic heterocycles. The quantitative estimate of drug-likeness (QED) is 0.757. The van der Waals surface area contributed by atoms with E-state index in [0.29, 0.717) is 22.7 Å². The second-order valence-electron chi connectivity index (χ2n) is 6.03. The molecule has 0 bridgehead atoms. The molecule has 2 N–H and O–H groups in total. The van der Waals surface area contributed by atoms with Crippen molar-refractivity contribution in [2.24, 2.45) is 5.92 Å². The van der Waals surface area contributed by atoms with Crippen LogP contribution in [0.4, 0.5) is 11.4 Å². The maximum absolute atomic E-state index is 12.7. The van der Waals surface area contributed by atoms with Gasteiger partial charge in [-0.15, -0.1) is 11.8 Å². The Morgan fingerprint density at radius 3 is 2.59 bits per heavy atom. The molecule has 0 saturated heterocycles. The predicted octanol–water partition coefficient (Wildman–Crippen LogP) is 2.95. The van der Waals surface area contributed by atoms with Crippen LogP contribution in [0.25, 0.3) is 0 Å². The summed E-state index contributed by atoms with van der Waals surface area (Å²) in [7, 11) is -2.58.